The number of likely N-dealkylation sites (tertiary alicyclic amines) is 1. The molecule has 182 valence electrons. The van der Waals surface area contributed by atoms with Crippen molar-refractivity contribution in [1.29, 1.82) is 0 Å². The summed E-state index contributed by atoms with van der Waals surface area (Å²) in [6.07, 6.45) is 2.53. The number of piperidine rings is 1. The van der Waals surface area contributed by atoms with Crippen molar-refractivity contribution in [2.24, 2.45) is 0 Å². The van der Waals surface area contributed by atoms with E-state index in [1.165, 1.54) is 20.5 Å². The molecule has 5 nitrogen and oxygen atoms in total. The van der Waals surface area contributed by atoms with Crippen molar-refractivity contribution in [3.8, 4) is 17.2 Å². The minimum atomic E-state index is -0.544. The molecule has 3 atom stereocenters. The van der Waals surface area contributed by atoms with E-state index in [1.807, 2.05) is 29.5 Å². The number of aliphatic hydroxyl groups excluding tert-OH is 1. The van der Waals surface area contributed by atoms with Gasteiger partial charge in [0.15, 0.2) is 11.5 Å². The van der Waals surface area contributed by atoms with Crippen LogP contribution in [0.25, 0.3) is 10.1 Å². The molecule has 3 heterocycles. The quantitative estimate of drug-likeness (QED) is 0.474. The van der Waals surface area contributed by atoms with Crippen LogP contribution in [-0.4, -0.2) is 54.6 Å². The van der Waals surface area contributed by atoms with Crippen LogP contribution < -0.4 is 14.2 Å². The summed E-state index contributed by atoms with van der Waals surface area (Å²) >= 11 is 1.89. The fourth-order valence-electron chi connectivity index (χ4n) is 5.39. The number of rotatable bonds is 7. The van der Waals surface area contributed by atoms with E-state index >= 15 is 0 Å². The van der Waals surface area contributed by atoms with Gasteiger partial charge < -0.3 is 19.3 Å². The molecule has 1 saturated heterocycles. The Hall–Kier alpha value is -2.28. The number of thiophene rings is 1. The number of benzene rings is 2. The molecule has 0 radical (unpaired) electrons. The number of β-amino-alcohol motifs (C(OH)–C–C–N with tert-alkyl or cyclic N) is 1. The van der Waals surface area contributed by atoms with E-state index in [0.717, 1.165) is 43.1 Å². The fraction of sp³-hybridized carbons (Fsp3) is 0.500. The van der Waals surface area contributed by atoms with E-state index in [1.54, 1.807) is 7.11 Å². The molecule has 2 aromatic carbocycles. The van der Waals surface area contributed by atoms with Crippen molar-refractivity contribution in [2.45, 2.75) is 63.7 Å². The first-order valence-electron chi connectivity index (χ1n) is 12.3. The van der Waals surface area contributed by atoms with Crippen LogP contribution in [0.3, 0.4) is 0 Å². The molecule has 0 aliphatic carbocycles. The van der Waals surface area contributed by atoms with Crippen molar-refractivity contribution in [3.63, 3.8) is 0 Å². The summed E-state index contributed by atoms with van der Waals surface area (Å²) in [5.41, 5.74) is 0.964. The maximum atomic E-state index is 10.7. The lowest BCUT2D eigenvalue weighted by Gasteiger charge is -2.38. The second kappa shape index (κ2) is 9.40. The van der Waals surface area contributed by atoms with Crippen LogP contribution >= 0.6 is 11.3 Å². The third-order valence-corrected chi connectivity index (χ3v) is 8.37. The number of aliphatic hydroxyl groups is 1. The van der Waals surface area contributed by atoms with Crippen LogP contribution in [0.1, 0.15) is 50.0 Å². The zero-order valence-corrected chi connectivity index (χ0v) is 21.4. The molecule has 2 unspecified atom stereocenters. The molecule has 6 heteroatoms. The Morgan fingerprint density at radius 2 is 2.00 bits per heavy atom. The number of hydrogen-bond acceptors (Lipinski definition) is 6. The summed E-state index contributed by atoms with van der Waals surface area (Å²) in [7, 11) is 1.74. The first-order valence-corrected chi connectivity index (χ1v) is 13.1. The molecule has 3 aromatic rings. The van der Waals surface area contributed by atoms with Crippen LogP contribution in [-0.2, 0) is 6.42 Å². The monoisotopic (exact) mass is 481 g/mol. The molecule has 0 amide bonds. The zero-order chi connectivity index (χ0) is 23.9. The molecule has 5 rings (SSSR count). The molecule has 34 heavy (non-hydrogen) atoms. The van der Waals surface area contributed by atoms with Gasteiger partial charge in [-0.2, -0.15) is 0 Å². The largest absolute Gasteiger partial charge is 0.496 e. The van der Waals surface area contributed by atoms with Gasteiger partial charge in [0.25, 0.3) is 0 Å². The highest BCUT2D eigenvalue weighted by molar-refractivity contribution is 7.19. The Bertz CT molecular complexity index is 1160. The highest BCUT2D eigenvalue weighted by Gasteiger charge is 2.33. The Morgan fingerprint density at radius 1 is 1.21 bits per heavy atom. The minimum Gasteiger partial charge on any atom is -0.496 e. The maximum Gasteiger partial charge on any atom is 0.165 e. The Morgan fingerprint density at radius 3 is 2.79 bits per heavy atom. The summed E-state index contributed by atoms with van der Waals surface area (Å²) in [4.78, 5) is 3.84. The van der Waals surface area contributed by atoms with Crippen LogP contribution in [0.2, 0.25) is 0 Å². The average molecular weight is 482 g/mol. The number of methoxy groups -OCH3 is 1. The number of fused-ring (bicyclic) bond motifs is 2. The maximum absolute atomic E-state index is 10.7. The van der Waals surface area contributed by atoms with E-state index in [0.29, 0.717) is 18.5 Å². The van der Waals surface area contributed by atoms with Crippen LogP contribution in [0, 0.1) is 0 Å². The molecule has 0 bridgehead atoms. The SMILES string of the molecule is COc1cccc2sc(C3CCN(CC(O)COc4cccc5c4OC(C)(C)C5)[C@@H](C)C3)cc12. The first-order chi connectivity index (χ1) is 16.3. The van der Waals surface area contributed by atoms with Gasteiger partial charge in [0.2, 0.25) is 0 Å². The summed E-state index contributed by atoms with van der Waals surface area (Å²) in [6.45, 7) is 8.32. The number of para-hydroxylation sites is 1. The normalized spacial score (nSPS) is 22.9. The van der Waals surface area contributed by atoms with Crippen LogP contribution in [0.5, 0.6) is 17.2 Å². The van der Waals surface area contributed by atoms with Gasteiger partial charge in [-0.05, 0) is 70.3 Å². The van der Waals surface area contributed by atoms with Gasteiger partial charge >= 0.3 is 0 Å². The molecule has 1 fully saturated rings. The third-order valence-electron chi connectivity index (χ3n) is 7.11. The van der Waals surface area contributed by atoms with Gasteiger partial charge in [0.1, 0.15) is 24.1 Å². The van der Waals surface area contributed by atoms with Crippen molar-refractivity contribution in [3.05, 3.63) is 52.9 Å². The van der Waals surface area contributed by atoms with Crippen molar-refractivity contribution in [2.75, 3.05) is 26.8 Å². The standard InChI is InChI=1S/C28H35NO4S/c1-18-13-19(26-14-22-23(31-4)8-6-10-25(22)34-26)11-12-29(18)16-21(30)17-32-24-9-5-7-20-15-28(2,3)33-27(20)24/h5-10,14,18-19,21,30H,11-13,15-17H2,1-4H3/t18-,19?,21?/m0/s1. The summed E-state index contributed by atoms with van der Waals surface area (Å²) in [6, 6.07) is 15.0. The smallest absolute Gasteiger partial charge is 0.165 e. The Balaban J connectivity index is 1.16. The summed E-state index contributed by atoms with van der Waals surface area (Å²) < 4.78 is 18.9. The predicted molar refractivity (Wildman–Crippen MR) is 138 cm³/mol. The summed E-state index contributed by atoms with van der Waals surface area (Å²) in [5.74, 6) is 3.06. The van der Waals surface area contributed by atoms with Crippen LogP contribution in [0.4, 0.5) is 0 Å². The van der Waals surface area contributed by atoms with Crippen molar-refractivity contribution in [1.82, 2.24) is 4.90 Å². The lowest BCUT2D eigenvalue weighted by atomic mass is 9.90. The molecular weight excluding hydrogens is 446 g/mol. The van der Waals surface area contributed by atoms with Gasteiger partial charge in [0, 0.05) is 39.5 Å². The molecular formula is C28H35NO4S. The van der Waals surface area contributed by atoms with Gasteiger partial charge in [-0.15, -0.1) is 11.3 Å². The highest BCUT2D eigenvalue weighted by Crippen LogP contribution is 2.42. The topological polar surface area (TPSA) is 51.2 Å². The second-order valence-corrected chi connectivity index (χ2v) is 11.4. The molecule has 1 aromatic heterocycles. The molecule has 0 spiro atoms. The number of nitrogens with zero attached hydrogens (tertiary/aromatic N) is 1. The summed E-state index contributed by atoms with van der Waals surface area (Å²) in [5, 5.41) is 12.0. The van der Waals surface area contributed by atoms with E-state index in [-0.39, 0.29) is 12.2 Å². The van der Waals surface area contributed by atoms with E-state index in [4.69, 9.17) is 14.2 Å². The Kier molecular flexibility index (Phi) is 6.49. The predicted octanol–water partition coefficient (Wildman–Crippen LogP) is 5.63. The van der Waals surface area contributed by atoms with Gasteiger partial charge in [-0.25, -0.2) is 0 Å². The fourth-order valence-corrected chi connectivity index (χ4v) is 6.62. The molecule has 1 N–H and O–H groups in total. The zero-order valence-electron chi connectivity index (χ0n) is 20.5. The number of hydrogen-bond donors (Lipinski definition) is 1. The van der Waals surface area contributed by atoms with E-state index in [2.05, 4.69) is 49.9 Å². The average Bonchev–Trinajstić information content (AvgIpc) is 3.38. The van der Waals surface area contributed by atoms with Gasteiger partial charge in [-0.1, -0.05) is 18.2 Å². The van der Waals surface area contributed by atoms with E-state index < -0.39 is 6.10 Å². The highest BCUT2D eigenvalue weighted by atomic mass is 32.1. The Labute approximate surface area is 206 Å². The minimum absolute atomic E-state index is 0.209. The van der Waals surface area contributed by atoms with Crippen molar-refractivity contribution >= 4 is 21.4 Å². The molecule has 2 aliphatic heterocycles. The van der Waals surface area contributed by atoms with Crippen molar-refractivity contribution < 1.29 is 19.3 Å². The van der Waals surface area contributed by atoms with Crippen LogP contribution in [0.15, 0.2) is 42.5 Å². The number of ether oxygens (including phenoxy) is 3. The first kappa shape index (κ1) is 23.5. The lowest BCUT2D eigenvalue weighted by molar-refractivity contribution is 0.0388. The van der Waals surface area contributed by atoms with Gasteiger partial charge in [0.05, 0.1) is 7.11 Å². The van der Waals surface area contributed by atoms with E-state index in [9.17, 15) is 5.11 Å². The third kappa shape index (κ3) is 4.77. The molecule has 0 saturated carbocycles. The molecule has 2 aliphatic rings. The lowest BCUT2D eigenvalue weighted by Crippen LogP contribution is -2.45. The van der Waals surface area contributed by atoms with Gasteiger partial charge in [-0.3, -0.25) is 4.90 Å². The second-order valence-electron chi connectivity index (χ2n) is 10.3.